The second kappa shape index (κ2) is 7.00. The first-order chi connectivity index (χ1) is 7.33. The molecule has 0 unspecified atom stereocenters. The number of nitrogens with one attached hydrogen (secondary N) is 2. The van der Waals surface area contributed by atoms with Gasteiger partial charge in [0, 0.05) is 25.5 Å². The van der Waals surface area contributed by atoms with Crippen molar-refractivity contribution in [3.8, 4) is 0 Å². The molecule has 1 rings (SSSR count). The van der Waals surface area contributed by atoms with Gasteiger partial charge in [0.2, 0.25) is 5.91 Å². The molecule has 0 spiro atoms. The third-order valence-electron chi connectivity index (χ3n) is 1.98. The van der Waals surface area contributed by atoms with Gasteiger partial charge in [0.15, 0.2) is 0 Å². The van der Waals surface area contributed by atoms with Crippen LogP contribution in [0.25, 0.3) is 0 Å². The molecule has 0 aliphatic heterocycles. The van der Waals surface area contributed by atoms with Crippen molar-refractivity contribution >= 4 is 5.91 Å². The molecule has 1 aromatic heterocycles. The molecule has 1 heterocycles. The van der Waals surface area contributed by atoms with Gasteiger partial charge in [0.1, 0.15) is 0 Å². The van der Waals surface area contributed by atoms with Crippen LogP contribution in [-0.2, 0) is 11.3 Å². The molecule has 0 aromatic carbocycles. The van der Waals surface area contributed by atoms with E-state index in [-0.39, 0.29) is 5.91 Å². The molecule has 15 heavy (non-hydrogen) atoms. The zero-order chi connectivity index (χ0) is 10.9. The predicted molar refractivity (Wildman–Crippen MR) is 58.4 cm³/mol. The number of amides is 1. The molecule has 0 atom stereocenters. The Hall–Kier alpha value is -1.36. The van der Waals surface area contributed by atoms with E-state index in [0.29, 0.717) is 13.1 Å². The van der Waals surface area contributed by atoms with E-state index in [1.807, 2.05) is 23.9 Å². The van der Waals surface area contributed by atoms with Gasteiger partial charge in [-0.2, -0.15) is 5.10 Å². The average Bonchev–Trinajstić information content (AvgIpc) is 2.74. The highest BCUT2D eigenvalue weighted by Crippen LogP contribution is 1.87. The van der Waals surface area contributed by atoms with Gasteiger partial charge in [0.25, 0.3) is 0 Å². The number of nitrogens with zero attached hydrogens (tertiary/aromatic N) is 2. The Bertz CT molecular complexity index is 271. The van der Waals surface area contributed by atoms with Crippen molar-refractivity contribution in [3.05, 3.63) is 18.5 Å². The first kappa shape index (κ1) is 11.7. The van der Waals surface area contributed by atoms with Gasteiger partial charge in [0.05, 0.1) is 6.54 Å². The third-order valence-corrected chi connectivity index (χ3v) is 1.98. The molecule has 0 aliphatic rings. The van der Waals surface area contributed by atoms with Gasteiger partial charge in [-0.1, -0.05) is 6.92 Å². The first-order valence-corrected chi connectivity index (χ1v) is 5.27. The van der Waals surface area contributed by atoms with E-state index in [9.17, 15) is 4.79 Å². The summed E-state index contributed by atoms with van der Waals surface area (Å²) in [4.78, 5) is 11.2. The summed E-state index contributed by atoms with van der Waals surface area (Å²) in [6, 6.07) is 1.89. The SMILES string of the molecule is CCNCC(=O)NCCCn1cccn1. The van der Waals surface area contributed by atoms with Crippen LogP contribution in [0.4, 0.5) is 0 Å². The molecular weight excluding hydrogens is 192 g/mol. The minimum atomic E-state index is 0.0531. The summed E-state index contributed by atoms with van der Waals surface area (Å²) in [6.07, 6.45) is 4.57. The van der Waals surface area contributed by atoms with Gasteiger partial charge >= 0.3 is 0 Å². The van der Waals surface area contributed by atoms with Crippen LogP contribution in [-0.4, -0.2) is 35.3 Å². The van der Waals surface area contributed by atoms with Gasteiger partial charge in [-0.05, 0) is 19.0 Å². The largest absolute Gasteiger partial charge is 0.355 e. The number of likely N-dealkylation sites (N-methyl/N-ethyl adjacent to an activating group) is 1. The van der Waals surface area contributed by atoms with E-state index >= 15 is 0 Å². The fourth-order valence-corrected chi connectivity index (χ4v) is 1.20. The van der Waals surface area contributed by atoms with Crippen molar-refractivity contribution in [2.24, 2.45) is 0 Å². The van der Waals surface area contributed by atoms with E-state index in [4.69, 9.17) is 0 Å². The maximum absolute atomic E-state index is 11.2. The number of carbonyl (C=O) groups is 1. The lowest BCUT2D eigenvalue weighted by atomic mass is 10.4. The molecule has 0 saturated carbocycles. The van der Waals surface area contributed by atoms with Crippen LogP contribution in [0, 0.1) is 0 Å². The predicted octanol–water partition coefficient (Wildman–Crippen LogP) is -0.00110. The van der Waals surface area contributed by atoms with Crippen LogP contribution < -0.4 is 10.6 Å². The first-order valence-electron chi connectivity index (χ1n) is 5.27. The molecule has 84 valence electrons. The van der Waals surface area contributed by atoms with Crippen LogP contribution in [0.3, 0.4) is 0 Å². The van der Waals surface area contributed by atoms with Gasteiger partial charge in [-0.15, -0.1) is 0 Å². The number of aryl methyl sites for hydroxylation is 1. The topological polar surface area (TPSA) is 59.0 Å². The van der Waals surface area contributed by atoms with Crippen molar-refractivity contribution in [1.29, 1.82) is 0 Å². The van der Waals surface area contributed by atoms with E-state index in [2.05, 4.69) is 15.7 Å². The molecule has 5 nitrogen and oxygen atoms in total. The number of hydrogen-bond donors (Lipinski definition) is 2. The zero-order valence-electron chi connectivity index (χ0n) is 9.07. The zero-order valence-corrected chi connectivity index (χ0v) is 9.07. The van der Waals surface area contributed by atoms with Crippen LogP contribution >= 0.6 is 0 Å². The molecule has 0 radical (unpaired) electrons. The summed E-state index contributed by atoms with van der Waals surface area (Å²) >= 11 is 0. The van der Waals surface area contributed by atoms with Crippen molar-refractivity contribution in [3.63, 3.8) is 0 Å². The van der Waals surface area contributed by atoms with Crippen LogP contribution in [0.15, 0.2) is 18.5 Å². The molecule has 1 amide bonds. The van der Waals surface area contributed by atoms with Crippen LogP contribution in [0.1, 0.15) is 13.3 Å². The summed E-state index contributed by atoms with van der Waals surface area (Å²) in [5.74, 6) is 0.0531. The van der Waals surface area contributed by atoms with Crippen LogP contribution in [0.5, 0.6) is 0 Å². The van der Waals surface area contributed by atoms with Crippen molar-refractivity contribution in [2.45, 2.75) is 19.9 Å². The summed E-state index contributed by atoms with van der Waals surface area (Å²) < 4.78 is 1.86. The Morgan fingerprint density at radius 1 is 1.53 bits per heavy atom. The van der Waals surface area contributed by atoms with Gasteiger partial charge < -0.3 is 10.6 Å². The Kier molecular flexibility index (Phi) is 5.47. The lowest BCUT2D eigenvalue weighted by Crippen LogP contribution is -2.34. The normalized spacial score (nSPS) is 10.2. The van der Waals surface area contributed by atoms with Crippen molar-refractivity contribution in [2.75, 3.05) is 19.6 Å². The standard InChI is InChI=1S/C10H18N4O/c1-2-11-9-10(15)12-5-3-7-14-8-4-6-13-14/h4,6,8,11H,2-3,5,7,9H2,1H3,(H,12,15). The third kappa shape index (κ3) is 5.17. The highest BCUT2D eigenvalue weighted by molar-refractivity contribution is 5.77. The summed E-state index contributed by atoms with van der Waals surface area (Å²) in [6.45, 7) is 4.74. The molecule has 2 N–H and O–H groups in total. The average molecular weight is 210 g/mol. The van der Waals surface area contributed by atoms with Gasteiger partial charge in [-0.3, -0.25) is 9.48 Å². The summed E-state index contributed by atoms with van der Waals surface area (Å²) in [7, 11) is 0. The lowest BCUT2D eigenvalue weighted by molar-refractivity contribution is -0.120. The maximum atomic E-state index is 11.2. The van der Waals surface area contributed by atoms with E-state index in [1.54, 1.807) is 6.20 Å². The summed E-state index contributed by atoms with van der Waals surface area (Å²) in [5.41, 5.74) is 0. The monoisotopic (exact) mass is 210 g/mol. The van der Waals surface area contributed by atoms with E-state index < -0.39 is 0 Å². The number of hydrogen-bond acceptors (Lipinski definition) is 3. The second-order valence-corrected chi connectivity index (χ2v) is 3.25. The smallest absolute Gasteiger partial charge is 0.233 e. The highest BCUT2D eigenvalue weighted by atomic mass is 16.1. The van der Waals surface area contributed by atoms with Gasteiger partial charge in [-0.25, -0.2) is 0 Å². The van der Waals surface area contributed by atoms with Crippen LogP contribution in [0.2, 0.25) is 0 Å². The molecule has 0 saturated heterocycles. The van der Waals surface area contributed by atoms with Crippen molar-refractivity contribution < 1.29 is 4.79 Å². The highest BCUT2D eigenvalue weighted by Gasteiger charge is 1.98. The number of rotatable bonds is 7. The number of carbonyl (C=O) groups excluding carboxylic acids is 1. The molecule has 0 fully saturated rings. The Labute approximate surface area is 89.9 Å². The molecule has 1 aromatic rings. The maximum Gasteiger partial charge on any atom is 0.233 e. The van der Waals surface area contributed by atoms with E-state index in [0.717, 1.165) is 19.5 Å². The summed E-state index contributed by atoms with van der Waals surface area (Å²) in [5, 5.41) is 9.88. The molecule has 5 heteroatoms. The fraction of sp³-hybridized carbons (Fsp3) is 0.600. The Morgan fingerprint density at radius 2 is 2.40 bits per heavy atom. The van der Waals surface area contributed by atoms with Crippen molar-refractivity contribution in [1.82, 2.24) is 20.4 Å². The molecule has 0 bridgehead atoms. The Balaban J connectivity index is 1.99. The molecule has 0 aliphatic carbocycles. The Morgan fingerprint density at radius 3 is 3.07 bits per heavy atom. The minimum absolute atomic E-state index is 0.0531. The lowest BCUT2D eigenvalue weighted by Gasteiger charge is -2.05. The number of aromatic nitrogens is 2. The molecular formula is C10H18N4O. The fourth-order valence-electron chi connectivity index (χ4n) is 1.20. The quantitative estimate of drug-likeness (QED) is 0.623. The second-order valence-electron chi connectivity index (χ2n) is 3.25. The van der Waals surface area contributed by atoms with E-state index in [1.165, 1.54) is 0 Å². The minimum Gasteiger partial charge on any atom is -0.355 e.